The van der Waals surface area contributed by atoms with Crippen LogP contribution < -0.4 is 11.1 Å². The highest BCUT2D eigenvalue weighted by Gasteiger charge is 2.54. The first-order chi connectivity index (χ1) is 10.2. The van der Waals surface area contributed by atoms with Gasteiger partial charge in [-0.15, -0.1) is 0 Å². The van der Waals surface area contributed by atoms with Crippen molar-refractivity contribution in [2.75, 3.05) is 6.54 Å². The second-order valence-corrected chi connectivity index (χ2v) is 8.56. The van der Waals surface area contributed by atoms with Crippen LogP contribution in [0.2, 0.25) is 0 Å². The van der Waals surface area contributed by atoms with Gasteiger partial charge in [0.15, 0.2) is 0 Å². The molecule has 2 unspecified atom stereocenters. The molecular formula is C18H30N2O. The van der Waals surface area contributed by atoms with Crippen LogP contribution in [0.3, 0.4) is 0 Å². The maximum atomic E-state index is 13.1. The van der Waals surface area contributed by atoms with Gasteiger partial charge in [0.2, 0.25) is 5.91 Å². The second-order valence-electron chi connectivity index (χ2n) is 8.56. The highest BCUT2D eigenvalue weighted by Crippen LogP contribution is 2.60. The Bertz CT molecular complexity index is 384. The third-order valence-electron chi connectivity index (χ3n) is 7.05. The monoisotopic (exact) mass is 290 g/mol. The average molecular weight is 290 g/mol. The molecule has 0 saturated heterocycles. The molecule has 0 aromatic carbocycles. The van der Waals surface area contributed by atoms with Crippen LogP contribution in [0.5, 0.6) is 0 Å². The minimum atomic E-state index is 0.00530. The van der Waals surface area contributed by atoms with E-state index in [2.05, 4.69) is 5.32 Å². The highest BCUT2D eigenvalue weighted by molar-refractivity contribution is 5.83. The van der Waals surface area contributed by atoms with E-state index in [1.165, 1.54) is 57.8 Å². The molecule has 5 aliphatic rings. The van der Waals surface area contributed by atoms with Crippen LogP contribution in [0.4, 0.5) is 0 Å². The molecule has 3 heteroatoms. The van der Waals surface area contributed by atoms with Crippen molar-refractivity contribution in [1.82, 2.24) is 5.32 Å². The van der Waals surface area contributed by atoms with Crippen LogP contribution in [0.15, 0.2) is 0 Å². The van der Waals surface area contributed by atoms with Crippen LogP contribution in [0, 0.1) is 29.1 Å². The number of carbonyl (C=O) groups excluding carboxylic acids is 1. The Labute approximate surface area is 128 Å². The molecular weight excluding hydrogens is 260 g/mol. The summed E-state index contributed by atoms with van der Waals surface area (Å²) in [5.41, 5.74) is 5.93. The Morgan fingerprint density at radius 3 is 2.14 bits per heavy atom. The van der Waals surface area contributed by atoms with Crippen molar-refractivity contribution in [1.29, 1.82) is 0 Å². The van der Waals surface area contributed by atoms with Crippen molar-refractivity contribution in [2.24, 2.45) is 34.8 Å². The fourth-order valence-corrected chi connectivity index (χ4v) is 6.39. The van der Waals surface area contributed by atoms with Gasteiger partial charge in [0, 0.05) is 11.5 Å². The minimum absolute atomic E-state index is 0.00530. The fourth-order valence-electron chi connectivity index (χ4n) is 6.39. The van der Waals surface area contributed by atoms with E-state index in [4.69, 9.17) is 5.73 Å². The summed E-state index contributed by atoms with van der Waals surface area (Å²) in [6.07, 6.45) is 12.6. The third-order valence-corrected chi connectivity index (χ3v) is 7.05. The first-order valence-electron chi connectivity index (χ1n) is 9.19. The first-order valence-corrected chi connectivity index (χ1v) is 9.19. The van der Waals surface area contributed by atoms with Crippen LogP contribution in [-0.2, 0) is 4.79 Å². The number of nitrogens with one attached hydrogen (secondary N) is 1. The third kappa shape index (κ3) is 2.42. The summed E-state index contributed by atoms with van der Waals surface area (Å²) in [6, 6.07) is 0.351. The molecule has 0 spiro atoms. The van der Waals surface area contributed by atoms with E-state index in [0.717, 1.165) is 30.7 Å². The molecule has 0 aromatic rings. The van der Waals surface area contributed by atoms with E-state index < -0.39 is 0 Å². The van der Waals surface area contributed by atoms with Gasteiger partial charge in [0.25, 0.3) is 0 Å². The molecule has 5 aliphatic carbocycles. The quantitative estimate of drug-likeness (QED) is 0.840. The molecule has 0 aromatic heterocycles. The molecule has 5 rings (SSSR count). The summed E-state index contributed by atoms with van der Waals surface area (Å²) in [6.45, 7) is 0.728. The van der Waals surface area contributed by atoms with Crippen molar-refractivity contribution in [3.63, 3.8) is 0 Å². The number of rotatable bonds is 3. The van der Waals surface area contributed by atoms with Gasteiger partial charge in [-0.2, -0.15) is 0 Å². The van der Waals surface area contributed by atoms with E-state index in [1.54, 1.807) is 0 Å². The van der Waals surface area contributed by atoms with Crippen LogP contribution in [-0.4, -0.2) is 18.5 Å². The van der Waals surface area contributed by atoms with Gasteiger partial charge in [0.1, 0.15) is 0 Å². The second kappa shape index (κ2) is 5.26. The molecule has 3 N–H and O–H groups in total. The predicted molar refractivity (Wildman–Crippen MR) is 83.5 cm³/mol. The van der Waals surface area contributed by atoms with Crippen molar-refractivity contribution in [2.45, 2.75) is 70.3 Å². The molecule has 1 amide bonds. The van der Waals surface area contributed by atoms with E-state index in [1.807, 2.05) is 0 Å². The number of amides is 1. The molecule has 5 fully saturated rings. The molecule has 0 aliphatic heterocycles. The smallest absolute Gasteiger partial charge is 0.226 e. The number of nitrogens with two attached hydrogens (primary N) is 1. The SMILES string of the molecule is NCC1CCCCC1NC(=O)C12CC3CC(CC(C3)C1)C2. The lowest BCUT2D eigenvalue weighted by molar-refractivity contribution is -0.147. The fraction of sp³-hybridized carbons (Fsp3) is 0.944. The Kier molecular flexibility index (Phi) is 3.52. The largest absolute Gasteiger partial charge is 0.353 e. The first kappa shape index (κ1) is 14.0. The van der Waals surface area contributed by atoms with Crippen molar-refractivity contribution in [3.05, 3.63) is 0 Å². The van der Waals surface area contributed by atoms with Gasteiger partial charge in [0.05, 0.1) is 0 Å². The summed E-state index contributed by atoms with van der Waals surface area (Å²) in [5, 5.41) is 3.46. The van der Waals surface area contributed by atoms with Gasteiger partial charge < -0.3 is 11.1 Å². The Morgan fingerprint density at radius 2 is 1.57 bits per heavy atom. The molecule has 0 heterocycles. The van der Waals surface area contributed by atoms with Crippen molar-refractivity contribution < 1.29 is 4.79 Å². The topological polar surface area (TPSA) is 55.1 Å². The molecule has 4 bridgehead atoms. The zero-order chi connectivity index (χ0) is 14.4. The van der Waals surface area contributed by atoms with Crippen LogP contribution >= 0.6 is 0 Å². The minimum Gasteiger partial charge on any atom is -0.353 e. The van der Waals surface area contributed by atoms with Crippen LogP contribution in [0.1, 0.15) is 64.2 Å². The molecule has 21 heavy (non-hydrogen) atoms. The maximum absolute atomic E-state index is 13.1. The summed E-state index contributed by atoms with van der Waals surface area (Å²) >= 11 is 0. The molecule has 2 atom stereocenters. The van der Waals surface area contributed by atoms with Gasteiger partial charge >= 0.3 is 0 Å². The molecule has 0 radical (unpaired) electrons. The molecule has 3 nitrogen and oxygen atoms in total. The lowest BCUT2D eigenvalue weighted by atomic mass is 9.49. The average Bonchev–Trinajstić information content (AvgIpc) is 2.46. The molecule has 118 valence electrons. The normalized spacial score (nSPS) is 48.3. The lowest BCUT2D eigenvalue weighted by Gasteiger charge is -2.56. The zero-order valence-electron chi connectivity index (χ0n) is 13.2. The maximum Gasteiger partial charge on any atom is 0.226 e. The van der Waals surface area contributed by atoms with Crippen molar-refractivity contribution >= 4 is 5.91 Å². The van der Waals surface area contributed by atoms with Gasteiger partial charge in [-0.1, -0.05) is 12.8 Å². The Hall–Kier alpha value is -0.570. The number of carbonyl (C=O) groups is 1. The lowest BCUT2D eigenvalue weighted by Crippen LogP contribution is -2.56. The van der Waals surface area contributed by atoms with Gasteiger partial charge in [-0.05, 0) is 81.6 Å². The summed E-state index contributed by atoms with van der Waals surface area (Å²) < 4.78 is 0. The standard InChI is InChI=1S/C18H30N2O/c19-11-15-3-1-2-4-16(15)20-17(21)18-8-12-5-13(9-18)7-14(6-12)10-18/h12-16H,1-11,19H2,(H,20,21). The number of hydrogen-bond acceptors (Lipinski definition) is 2. The van der Waals surface area contributed by atoms with E-state index >= 15 is 0 Å². The predicted octanol–water partition coefficient (Wildman–Crippen LogP) is 2.84. The van der Waals surface area contributed by atoms with Crippen LogP contribution in [0.25, 0.3) is 0 Å². The summed E-state index contributed by atoms with van der Waals surface area (Å²) in [7, 11) is 0. The Balaban J connectivity index is 1.47. The van der Waals surface area contributed by atoms with Gasteiger partial charge in [-0.25, -0.2) is 0 Å². The van der Waals surface area contributed by atoms with E-state index in [-0.39, 0.29) is 5.41 Å². The molecule has 5 saturated carbocycles. The van der Waals surface area contributed by atoms with Gasteiger partial charge in [-0.3, -0.25) is 4.79 Å². The summed E-state index contributed by atoms with van der Waals surface area (Å²) in [4.78, 5) is 13.1. The van der Waals surface area contributed by atoms with E-state index in [9.17, 15) is 4.79 Å². The zero-order valence-corrected chi connectivity index (χ0v) is 13.2. The van der Waals surface area contributed by atoms with E-state index in [0.29, 0.717) is 17.9 Å². The van der Waals surface area contributed by atoms with Crippen molar-refractivity contribution in [3.8, 4) is 0 Å². The Morgan fingerprint density at radius 1 is 1.00 bits per heavy atom. The highest BCUT2D eigenvalue weighted by atomic mass is 16.2. The summed E-state index contributed by atoms with van der Waals surface area (Å²) in [5.74, 6) is 3.44. The number of hydrogen-bond donors (Lipinski definition) is 2.